The third-order valence-corrected chi connectivity index (χ3v) is 8.64. The lowest BCUT2D eigenvalue weighted by Gasteiger charge is -2.27. The van der Waals surface area contributed by atoms with Crippen molar-refractivity contribution in [3.05, 3.63) is 0 Å². The van der Waals surface area contributed by atoms with Crippen molar-refractivity contribution >= 4 is 21.7 Å². The summed E-state index contributed by atoms with van der Waals surface area (Å²) < 4.78 is 25.4. The van der Waals surface area contributed by atoms with Crippen molar-refractivity contribution in [1.29, 1.82) is 5.26 Å². The molecular weight excluding hydrogens is 354 g/mol. The van der Waals surface area contributed by atoms with Crippen LogP contribution in [-0.2, 0) is 19.4 Å². The van der Waals surface area contributed by atoms with E-state index in [-0.39, 0.29) is 36.5 Å². The molecule has 2 amide bonds. The SMILES string of the molecule is CC1(C(=O)N2C[C@H](S(=O)(=O)CC3CC3)C[C@H]2C(=O)NC2(C#N)CC2)CC1. The van der Waals surface area contributed by atoms with Gasteiger partial charge in [0, 0.05) is 12.0 Å². The van der Waals surface area contributed by atoms with Gasteiger partial charge in [-0.25, -0.2) is 8.42 Å². The van der Waals surface area contributed by atoms with E-state index in [4.69, 9.17) is 0 Å². The lowest BCUT2D eigenvalue weighted by atomic mass is 10.1. The molecule has 0 aromatic heterocycles. The van der Waals surface area contributed by atoms with E-state index < -0.39 is 32.1 Å². The second-order valence-electron chi connectivity index (χ2n) is 8.85. The zero-order valence-corrected chi connectivity index (χ0v) is 15.8. The Kier molecular flexibility index (Phi) is 3.89. The van der Waals surface area contributed by atoms with Crippen molar-refractivity contribution in [1.82, 2.24) is 10.2 Å². The van der Waals surface area contributed by atoms with Gasteiger partial charge in [0.05, 0.1) is 17.1 Å². The Labute approximate surface area is 154 Å². The van der Waals surface area contributed by atoms with Crippen molar-refractivity contribution in [3.63, 3.8) is 0 Å². The molecule has 7 nitrogen and oxygen atoms in total. The van der Waals surface area contributed by atoms with E-state index in [1.807, 2.05) is 6.92 Å². The van der Waals surface area contributed by atoms with Gasteiger partial charge in [0.25, 0.3) is 0 Å². The second-order valence-corrected chi connectivity index (χ2v) is 11.2. The quantitative estimate of drug-likeness (QED) is 0.733. The maximum absolute atomic E-state index is 12.9. The molecule has 1 aliphatic heterocycles. The summed E-state index contributed by atoms with van der Waals surface area (Å²) >= 11 is 0. The van der Waals surface area contributed by atoms with Gasteiger partial charge in [-0.3, -0.25) is 9.59 Å². The Morgan fingerprint density at radius 2 is 1.88 bits per heavy atom. The minimum atomic E-state index is -3.33. The first-order chi connectivity index (χ1) is 12.2. The Morgan fingerprint density at radius 1 is 1.23 bits per heavy atom. The molecule has 0 aromatic carbocycles. The fourth-order valence-electron chi connectivity index (χ4n) is 3.74. The molecule has 1 saturated heterocycles. The lowest BCUT2D eigenvalue weighted by molar-refractivity contribution is -0.142. The molecule has 1 N–H and O–H groups in total. The number of rotatable bonds is 6. The number of hydrogen-bond acceptors (Lipinski definition) is 5. The smallest absolute Gasteiger partial charge is 0.244 e. The minimum absolute atomic E-state index is 0.0983. The average Bonchev–Trinajstić information content (AvgIpc) is 3.51. The molecule has 3 saturated carbocycles. The van der Waals surface area contributed by atoms with Crippen LogP contribution >= 0.6 is 0 Å². The van der Waals surface area contributed by atoms with Gasteiger partial charge in [0.1, 0.15) is 11.6 Å². The van der Waals surface area contributed by atoms with E-state index in [2.05, 4.69) is 11.4 Å². The van der Waals surface area contributed by atoms with E-state index in [9.17, 15) is 23.3 Å². The molecule has 4 aliphatic rings. The number of amides is 2. The van der Waals surface area contributed by atoms with Gasteiger partial charge >= 0.3 is 0 Å². The van der Waals surface area contributed by atoms with Crippen LogP contribution in [0.1, 0.15) is 51.9 Å². The Hall–Kier alpha value is -1.62. The van der Waals surface area contributed by atoms with Crippen molar-refractivity contribution in [2.75, 3.05) is 12.3 Å². The van der Waals surface area contributed by atoms with Gasteiger partial charge in [-0.2, -0.15) is 5.26 Å². The first-order valence-corrected chi connectivity index (χ1v) is 11.2. The van der Waals surface area contributed by atoms with Crippen molar-refractivity contribution < 1.29 is 18.0 Å². The Morgan fingerprint density at radius 3 is 2.38 bits per heavy atom. The predicted octanol–water partition coefficient (Wildman–Crippen LogP) is 0.753. The number of nitriles is 1. The van der Waals surface area contributed by atoms with E-state index >= 15 is 0 Å². The van der Waals surface area contributed by atoms with Crippen LogP contribution < -0.4 is 5.32 Å². The standard InChI is InChI=1S/C18H25N3O4S/c1-17(4-5-17)16(23)21-9-13(26(24,25)10-12-2-3-12)8-14(21)15(22)20-18(11-19)6-7-18/h12-14H,2-10H2,1H3,(H,20,22)/t13-,14+/m1/s1. The molecule has 0 unspecified atom stereocenters. The van der Waals surface area contributed by atoms with E-state index in [1.54, 1.807) is 0 Å². The van der Waals surface area contributed by atoms with Gasteiger partial charge in [0.15, 0.2) is 9.84 Å². The van der Waals surface area contributed by atoms with Crippen molar-refractivity contribution in [2.24, 2.45) is 11.3 Å². The first kappa shape index (κ1) is 17.8. The molecule has 26 heavy (non-hydrogen) atoms. The number of carbonyl (C=O) groups excluding carboxylic acids is 2. The molecule has 0 aromatic rings. The average molecular weight is 379 g/mol. The number of nitrogens with zero attached hydrogens (tertiary/aromatic N) is 2. The van der Waals surface area contributed by atoms with Crippen molar-refractivity contribution in [2.45, 2.75) is 68.7 Å². The summed E-state index contributed by atoms with van der Waals surface area (Å²) in [4.78, 5) is 27.1. The Bertz CT molecular complexity index is 788. The second kappa shape index (κ2) is 5.69. The fraction of sp³-hybridized carbons (Fsp3) is 0.833. The number of nitrogens with one attached hydrogen (secondary N) is 1. The van der Waals surface area contributed by atoms with Crippen LogP contribution in [0, 0.1) is 22.7 Å². The number of sulfone groups is 1. The summed E-state index contributed by atoms with van der Waals surface area (Å²) in [7, 11) is -3.33. The highest BCUT2D eigenvalue weighted by atomic mass is 32.2. The predicted molar refractivity (Wildman–Crippen MR) is 93.5 cm³/mol. The zero-order valence-electron chi connectivity index (χ0n) is 15.0. The van der Waals surface area contributed by atoms with Crippen LogP contribution in [0.5, 0.6) is 0 Å². The van der Waals surface area contributed by atoms with E-state index in [1.165, 1.54) is 4.90 Å². The molecule has 142 valence electrons. The third-order valence-electron chi connectivity index (χ3n) is 6.34. The Balaban J connectivity index is 1.53. The number of carbonyl (C=O) groups is 2. The topological polar surface area (TPSA) is 107 Å². The molecule has 1 heterocycles. The number of hydrogen-bond donors (Lipinski definition) is 1. The highest BCUT2D eigenvalue weighted by molar-refractivity contribution is 7.92. The molecular formula is C18H25N3O4S. The highest BCUT2D eigenvalue weighted by Gasteiger charge is 2.55. The normalized spacial score (nSPS) is 31.2. The summed E-state index contributed by atoms with van der Waals surface area (Å²) in [5.74, 6) is -0.103. The fourth-order valence-corrected chi connectivity index (χ4v) is 5.86. The molecule has 4 rings (SSSR count). The summed E-state index contributed by atoms with van der Waals surface area (Å²) in [5, 5.41) is 11.3. The minimum Gasteiger partial charge on any atom is -0.336 e. The van der Waals surface area contributed by atoms with E-state index in [0.29, 0.717) is 12.8 Å². The first-order valence-electron chi connectivity index (χ1n) is 9.44. The van der Waals surface area contributed by atoms with Crippen LogP contribution in [-0.4, -0.2) is 54.3 Å². The maximum Gasteiger partial charge on any atom is 0.244 e. The molecule has 2 atom stereocenters. The molecule has 8 heteroatoms. The monoisotopic (exact) mass is 379 g/mol. The summed E-state index contributed by atoms with van der Waals surface area (Å²) in [6, 6.07) is 1.33. The van der Waals surface area contributed by atoms with Crippen LogP contribution in [0.2, 0.25) is 0 Å². The molecule has 3 aliphatic carbocycles. The zero-order chi connectivity index (χ0) is 18.7. The van der Waals surface area contributed by atoms with Gasteiger partial charge in [-0.05, 0) is 50.9 Å². The highest BCUT2D eigenvalue weighted by Crippen LogP contribution is 2.48. The van der Waals surface area contributed by atoms with Gasteiger partial charge in [-0.15, -0.1) is 0 Å². The van der Waals surface area contributed by atoms with Gasteiger partial charge < -0.3 is 10.2 Å². The largest absolute Gasteiger partial charge is 0.336 e. The molecule has 4 fully saturated rings. The van der Waals surface area contributed by atoms with E-state index in [0.717, 1.165) is 25.7 Å². The number of likely N-dealkylation sites (tertiary alicyclic amines) is 1. The summed E-state index contributed by atoms with van der Waals surface area (Å²) in [6.07, 6.45) is 4.80. The van der Waals surface area contributed by atoms with Gasteiger partial charge in [-0.1, -0.05) is 6.92 Å². The van der Waals surface area contributed by atoms with Gasteiger partial charge in [0.2, 0.25) is 11.8 Å². The third kappa shape index (κ3) is 3.22. The molecule has 0 bridgehead atoms. The van der Waals surface area contributed by atoms with Crippen LogP contribution in [0.15, 0.2) is 0 Å². The lowest BCUT2D eigenvalue weighted by Crippen LogP contribution is -2.50. The molecule has 0 radical (unpaired) electrons. The van der Waals surface area contributed by atoms with Crippen LogP contribution in [0.25, 0.3) is 0 Å². The van der Waals surface area contributed by atoms with Crippen molar-refractivity contribution in [3.8, 4) is 6.07 Å². The maximum atomic E-state index is 12.9. The molecule has 0 spiro atoms. The summed E-state index contributed by atoms with van der Waals surface area (Å²) in [6.45, 7) is 1.97. The van der Waals surface area contributed by atoms with Crippen LogP contribution in [0.3, 0.4) is 0 Å². The van der Waals surface area contributed by atoms with Crippen LogP contribution in [0.4, 0.5) is 0 Å². The summed E-state index contributed by atoms with van der Waals surface area (Å²) in [5.41, 5.74) is -1.28.